The highest BCUT2D eigenvalue weighted by Crippen LogP contribution is 2.12. The smallest absolute Gasteiger partial charge is 0.180 e. The van der Waals surface area contributed by atoms with Crippen LogP contribution >= 0.6 is 0 Å². The zero-order valence-electron chi connectivity index (χ0n) is 10.6. The molecule has 0 spiro atoms. The van der Waals surface area contributed by atoms with Crippen LogP contribution in [0.1, 0.15) is 24.6 Å². The molecule has 1 heterocycles. The van der Waals surface area contributed by atoms with Crippen molar-refractivity contribution in [2.45, 2.75) is 26.4 Å². The summed E-state index contributed by atoms with van der Waals surface area (Å²) in [4.78, 5) is 4.05. The van der Waals surface area contributed by atoms with Crippen molar-refractivity contribution in [3.63, 3.8) is 0 Å². The van der Waals surface area contributed by atoms with Gasteiger partial charge in [0, 0.05) is 13.1 Å². The van der Waals surface area contributed by atoms with E-state index in [1.54, 1.807) is 6.26 Å². The molecule has 0 unspecified atom stereocenters. The van der Waals surface area contributed by atoms with E-state index in [1.165, 1.54) is 12.0 Å². The van der Waals surface area contributed by atoms with E-state index in [4.69, 9.17) is 9.15 Å². The van der Waals surface area contributed by atoms with Gasteiger partial charge in [0.25, 0.3) is 0 Å². The third kappa shape index (κ3) is 3.89. The van der Waals surface area contributed by atoms with E-state index < -0.39 is 0 Å². The molecule has 4 nitrogen and oxygen atoms in total. The zero-order chi connectivity index (χ0) is 12.6. The van der Waals surface area contributed by atoms with Crippen LogP contribution in [0.5, 0.6) is 5.75 Å². The van der Waals surface area contributed by atoms with Gasteiger partial charge in [0.2, 0.25) is 0 Å². The van der Waals surface area contributed by atoms with Crippen molar-refractivity contribution in [2.24, 2.45) is 0 Å². The lowest BCUT2D eigenvalue weighted by atomic mass is 10.2. The van der Waals surface area contributed by atoms with Gasteiger partial charge in [-0.05, 0) is 24.1 Å². The van der Waals surface area contributed by atoms with Gasteiger partial charge in [0.05, 0.1) is 12.3 Å². The van der Waals surface area contributed by atoms with Gasteiger partial charge in [0.15, 0.2) is 6.39 Å². The molecule has 2 rings (SSSR count). The molecule has 96 valence electrons. The average Bonchev–Trinajstić information content (AvgIpc) is 2.91. The molecule has 1 aromatic heterocycles. The molecule has 2 aromatic rings. The van der Waals surface area contributed by atoms with Crippen LogP contribution < -0.4 is 10.1 Å². The van der Waals surface area contributed by atoms with Gasteiger partial charge >= 0.3 is 0 Å². The Morgan fingerprint density at radius 2 is 2.06 bits per heavy atom. The molecule has 18 heavy (non-hydrogen) atoms. The van der Waals surface area contributed by atoms with Crippen molar-refractivity contribution in [1.29, 1.82) is 0 Å². The van der Waals surface area contributed by atoms with Gasteiger partial charge in [-0.2, -0.15) is 0 Å². The second-order valence-corrected chi connectivity index (χ2v) is 4.08. The number of hydrogen-bond donors (Lipinski definition) is 1. The summed E-state index contributed by atoms with van der Waals surface area (Å²) in [5.41, 5.74) is 2.14. The lowest BCUT2D eigenvalue weighted by Crippen LogP contribution is -2.12. The molecule has 0 saturated heterocycles. The van der Waals surface area contributed by atoms with Crippen LogP contribution in [-0.4, -0.2) is 11.6 Å². The summed E-state index contributed by atoms with van der Waals surface area (Å²) in [5, 5.41) is 3.30. The summed E-state index contributed by atoms with van der Waals surface area (Å²) in [6.45, 7) is 4.39. The molecule has 1 N–H and O–H groups in total. The van der Waals surface area contributed by atoms with E-state index in [2.05, 4.69) is 29.4 Å². The molecule has 0 aliphatic rings. The molecule has 0 amide bonds. The molecule has 0 fully saturated rings. The van der Waals surface area contributed by atoms with Crippen LogP contribution in [0.25, 0.3) is 0 Å². The minimum Gasteiger partial charge on any atom is -0.494 e. The van der Waals surface area contributed by atoms with Crippen LogP contribution in [0.15, 0.2) is 41.3 Å². The van der Waals surface area contributed by atoms with Crippen molar-refractivity contribution in [2.75, 3.05) is 6.61 Å². The number of aromatic nitrogens is 1. The highest BCUT2D eigenvalue weighted by Gasteiger charge is 1.97. The molecule has 0 atom stereocenters. The Kier molecular flexibility index (Phi) is 4.78. The van der Waals surface area contributed by atoms with Crippen molar-refractivity contribution in [3.05, 3.63) is 48.2 Å². The number of hydrogen-bond acceptors (Lipinski definition) is 4. The Morgan fingerprint density at radius 3 is 2.72 bits per heavy atom. The third-order valence-corrected chi connectivity index (χ3v) is 2.51. The first-order chi connectivity index (χ1) is 8.88. The van der Waals surface area contributed by atoms with Gasteiger partial charge in [-0.1, -0.05) is 19.1 Å². The Balaban J connectivity index is 1.75. The van der Waals surface area contributed by atoms with E-state index >= 15 is 0 Å². The summed E-state index contributed by atoms with van der Waals surface area (Å²) in [6.07, 6.45) is 4.12. The van der Waals surface area contributed by atoms with Crippen LogP contribution in [0.4, 0.5) is 0 Å². The number of rotatable bonds is 7. The summed E-state index contributed by atoms with van der Waals surface area (Å²) in [6, 6.07) is 8.15. The van der Waals surface area contributed by atoms with Crippen molar-refractivity contribution in [3.8, 4) is 5.75 Å². The van der Waals surface area contributed by atoms with Crippen LogP contribution in [-0.2, 0) is 13.1 Å². The first kappa shape index (κ1) is 12.6. The highest BCUT2D eigenvalue weighted by molar-refractivity contribution is 5.27. The topological polar surface area (TPSA) is 47.3 Å². The van der Waals surface area contributed by atoms with Gasteiger partial charge in [-0.25, -0.2) is 4.98 Å². The number of nitrogens with zero attached hydrogens (tertiary/aromatic N) is 1. The Bertz CT molecular complexity index is 437. The summed E-state index contributed by atoms with van der Waals surface area (Å²) in [5.74, 6) is 0.928. The second-order valence-electron chi connectivity index (χ2n) is 4.08. The standard InChI is InChI=1S/C14H18N2O2/c1-2-7-18-14-5-3-12(4-6-14)8-15-9-13-10-17-11-16-13/h3-6,10-11,15H,2,7-9H2,1H3. The normalized spacial score (nSPS) is 10.5. The molecule has 0 aliphatic heterocycles. The van der Waals surface area contributed by atoms with Gasteiger partial charge in [-0.3, -0.25) is 0 Å². The summed E-state index contributed by atoms with van der Waals surface area (Å²) >= 11 is 0. The Hall–Kier alpha value is -1.81. The first-order valence-corrected chi connectivity index (χ1v) is 6.18. The number of benzene rings is 1. The summed E-state index contributed by atoms with van der Waals surface area (Å²) in [7, 11) is 0. The van der Waals surface area contributed by atoms with E-state index in [-0.39, 0.29) is 0 Å². The fourth-order valence-corrected chi connectivity index (χ4v) is 1.58. The van der Waals surface area contributed by atoms with E-state index in [0.29, 0.717) is 6.54 Å². The first-order valence-electron chi connectivity index (χ1n) is 6.18. The number of oxazole rings is 1. The lowest BCUT2D eigenvalue weighted by molar-refractivity contribution is 0.317. The van der Waals surface area contributed by atoms with Crippen molar-refractivity contribution in [1.82, 2.24) is 10.3 Å². The SMILES string of the molecule is CCCOc1ccc(CNCc2cocn2)cc1. The van der Waals surface area contributed by atoms with Crippen LogP contribution in [0.3, 0.4) is 0 Å². The Labute approximate surface area is 107 Å². The molecular weight excluding hydrogens is 228 g/mol. The number of nitrogens with one attached hydrogen (secondary N) is 1. The average molecular weight is 246 g/mol. The molecule has 4 heteroatoms. The minimum atomic E-state index is 0.713. The van der Waals surface area contributed by atoms with Gasteiger partial charge in [-0.15, -0.1) is 0 Å². The third-order valence-electron chi connectivity index (χ3n) is 2.51. The molecule has 0 saturated carbocycles. The van der Waals surface area contributed by atoms with E-state index in [1.807, 2.05) is 12.1 Å². The molecule has 1 aromatic carbocycles. The second kappa shape index (κ2) is 6.81. The van der Waals surface area contributed by atoms with E-state index in [9.17, 15) is 0 Å². The molecular formula is C14H18N2O2. The van der Waals surface area contributed by atoms with Crippen LogP contribution in [0, 0.1) is 0 Å². The van der Waals surface area contributed by atoms with Crippen LogP contribution in [0.2, 0.25) is 0 Å². The van der Waals surface area contributed by atoms with Gasteiger partial charge < -0.3 is 14.5 Å². The molecule has 0 radical (unpaired) electrons. The highest BCUT2D eigenvalue weighted by atomic mass is 16.5. The molecule has 0 bridgehead atoms. The van der Waals surface area contributed by atoms with Crippen molar-refractivity contribution < 1.29 is 9.15 Å². The fourth-order valence-electron chi connectivity index (χ4n) is 1.58. The quantitative estimate of drug-likeness (QED) is 0.816. The largest absolute Gasteiger partial charge is 0.494 e. The molecule has 0 aliphatic carbocycles. The van der Waals surface area contributed by atoms with Gasteiger partial charge in [0.1, 0.15) is 12.0 Å². The predicted molar refractivity (Wildman–Crippen MR) is 69.3 cm³/mol. The maximum absolute atomic E-state index is 5.53. The Morgan fingerprint density at radius 1 is 1.22 bits per heavy atom. The predicted octanol–water partition coefficient (Wildman–Crippen LogP) is 2.75. The minimum absolute atomic E-state index is 0.713. The number of ether oxygens (including phenoxy) is 1. The van der Waals surface area contributed by atoms with Crippen molar-refractivity contribution >= 4 is 0 Å². The monoisotopic (exact) mass is 246 g/mol. The zero-order valence-corrected chi connectivity index (χ0v) is 10.6. The summed E-state index contributed by atoms with van der Waals surface area (Å²) < 4.78 is 10.4. The fraction of sp³-hybridized carbons (Fsp3) is 0.357. The lowest BCUT2D eigenvalue weighted by Gasteiger charge is -2.06. The maximum Gasteiger partial charge on any atom is 0.180 e. The maximum atomic E-state index is 5.53. The van der Waals surface area contributed by atoms with E-state index in [0.717, 1.165) is 31.0 Å².